The first kappa shape index (κ1) is 26.8. The van der Waals surface area contributed by atoms with Crippen molar-refractivity contribution in [3.8, 4) is 0 Å². The van der Waals surface area contributed by atoms with Gasteiger partial charge in [-0.15, -0.1) is 0 Å². The summed E-state index contributed by atoms with van der Waals surface area (Å²) < 4.78 is 47.8. The average Bonchev–Trinajstić information content (AvgIpc) is 3.21. The molecule has 184 valence electrons. The Hall–Kier alpha value is -2.40. The fourth-order valence-electron chi connectivity index (χ4n) is 3.28. The number of halogens is 3. The van der Waals surface area contributed by atoms with E-state index in [1.54, 1.807) is 20.1 Å². The number of ether oxygens (including phenoxy) is 1. The number of nitrogens with one attached hydrogen (secondary N) is 1. The van der Waals surface area contributed by atoms with E-state index in [2.05, 4.69) is 33.4 Å². The van der Waals surface area contributed by atoms with Gasteiger partial charge in [0.15, 0.2) is 0 Å². The highest BCUT2D eigenvalue weighted by atomic mass is 32.1. The highest BCUT2D eigenvalue weighted by Gasteiger charge is 2.36. The number of nitrogens with zero attached hydrogens (tertiary/aromatic N) is 3. The van der Waals surface area contributed by atoms with Crippen LogP contribution in [0.1, 0.15) is 57.8 Å². The Morgan fingerprint density at radius 3 is 2.52 bits per heavy atom. The summed E-state index contributed by atoms with van der Waals surface area (Å²) in [5.41, 5.74) is 2.07. The summed E-state index contributed by atoms with van der Waals surface area (Å²) in [4.78, 5) is 16.9. The lowest BCUT2D eigenvalue weighted by molar-refractivity contribution is -0.144. The van der Waals surface area contributed by atoms with Gasteiger partial charge in [-0.1, -0.05) is 33.3 Å². The molecule has 3 atom stereocenters. The van der Waals surface area contributed by atoms with E-state index in [0.717, 1.165) is 17.7 Å². The van der Waals surface area contributed by atoms with Crippen LogP contribution in [0.4, 0.5) is 29.7 Å². The van der Waals surface area contributed by atoms with Crippen molar-refractivity contribution in [3.63, 3.8) is 0 Å². The van der Waals surface area contributed by atoms with Gasteiger partial charge in [-0.2, -0.15) is 22.5 Å². The molecule has 0 amide bonds. The average molecular weight is 489 g/mol. The molecule has 11 heteroatoms. The van der Waals surface area contributed by atoms with Crippen LogP contribution in [-0.4, -0.2) is 46.7 Å². The third-order valence-corrected chi connectivity index (χ3v) is 6.07. The van der Waals surface area contributed by atoms with Gasteiger partial charge in [-0.05, 0) is 36.5 Å². The second-order valence-electron chi connectivity index (χ2n) is 8.29. The lowest BCUT2D eigenvalue weighted by Gasteiger charge is -2.32. The Balaban J connectivity index is 2.49. The van der Waals surface area contributed by atoms with Crippen LogP contribution in [0.15, 0.2) is 18.2 Å². The Morgan fingerprint density at radius 1 is 1.27 bits per heavy atom. The Labute approximate surface area is 196 Å². The molecule has 2 rings (SSSR count). The molecule has 0 saturated heterocycles. The van der Waals surface area contributed by atoms with E-state index in [1.807, 2.05) is 19.1 Å². The number of anilines is 3. The number of hydrogen-bond donors (Lipinski definition) is 2. The van der Waals surface area contributed by atoms with E-state index in [0.29, 0.717) is 36.2 Å². The Bertz CT molecular complexity index is 911. The predicted octanol–water partition coefficient (Wildman–Crippen LogP) is 5.77. The van der Waals surface area contributed by atoms with Gasteiger partial charge in [0.2, 0.25) is 11.0 Å². The highest BCUT2D eigenvalue weighted by molar-refractivity contribution is 7.09. The second kappa shape index (κ2) is 11.6. The third-order valence-electron chi connectivity index (χ3n) is 5.44. The van der Waals surface area contributed by atoms with Gasteiger partial charge >= 0.3 is 12.1 Å². The molecule has 33 heavy (non-hydrogen) atoms. The Kier molecular flexibility index (Phi) is 9.47. The maximum atomic E-state index is 13.0. The molecule has 0 radical (unpaired) electrons. The van der Waals surface area contributed by atoms with Crippen LogP contribution < -0.4 is 10.2 Å². The van der Waals surface area contributed by atoms with Gasteiger partial charge in [0, 0.05) is 31.7 Å². The molecule has 1 heterocycles. The molecule has 0 aliphatic carbocycles. The number of benzene rings is 1. The van der Waals surface area contributed by atoms with Crippen LogP contribution in [0.5, 0.6) is 0 Å². The van der Waals surface area contributed by atoms with Gasteiger partial charge in [0.25, 0.3) is 0 Å². The molecular formula is C22H31F3N4O3S. The number of carboxylic acids is 1. The maximum absolute atomic E-state index is 13.0. The van der Waals surface area contributed by atoms with Crippen LogP contribution in [0.25, 0.3) is 0 Å². The number of methoxy groups -OCH3 is 1. The second-order valence-corrected chi connectivity index (χ2v) is 9.04. The molecule has 1 aromatic carbocycles. The molecule has 1 aromatic heterocycles. The summed E-state index contributed by atoms with van der Waals surface area (Å²) in [5.74, 6) is -2.03. The van der Waals surface area contributed by atoms with Crippen LogP contribution in [0.2, 0.25) is 0 Å². The molecule has 0 fully saturated rings. The summed E-state index contributed by atoms with van der Waals surface area (Å²) in [5, 5.41) is 12.2. The van der Waals surface area contributed by atoms with Crippen LogP contribution in [0, 0.1) is 5.92 Å². The van der Waals surface area contributed by atoms with E-state index < -0.39 is 18.0 Å². The normalized spacial score (nSPS) is 14.5. The van der Waals surface area contributed by atoms with Crippen molar-refractivity contribution >= 4 is 34.0 Å². The van der Waals surface area contributed by atoms with Crippen molar-refractivity contribution in [2.24, 2.45) is 5.92 Å². The fourth-order valence-corrected chi connectivity index (χ4v) is 3.88. The summed E-state index contributed by atoms with van der Waals surface area (Å²) in [7, 11) is 1.63. The molecule has 0 aliphatic rings. The van der Waals surface area contributed by atoms with Gasteiger partial charge in [0.1, 0.15) is 0 Å². The van der Waals surface area contributed by atoms with E-state index in [1.165, 1.54) is 0 Å². The van der Waals surface area contributed by atoms with E-state index in [-0.39, 0.29) is 23.6 Å². The third kappa shape index (κ3) is 7.85. The fraction of sp³-hybridized carbons (Fsp3) is 0.591. The van der Waals surface area contributed by atoms with Crippen molar-refractivity contribution in [1.82, 2.24) is 9.36 Å². The first-order valence-corrected chi connectivity index (χ1v) is 11.5. The molecule has 7 nitrogen and oxygen atoms in total. The van der Waals surface area contributed by atoms with Crippen LogP contribution >= 0.6 is 11.5 Å². The SMILES string of the molecule is CC[C@H](C)CN(C[C@@H](C)OC)c1ccc([C@H](C)CC(=O)O)cc1Nc1nc(C(F)(F)F)ns1. The molecule has 2 N–H and O–H groups in total. The maximum Gasteiger partial charge on any atom is 0.452 e. The Morgan fingerprint density at radius 2 is 1.97 bits per heavy atom. The van der Waals surface area contributed by atoms with E-state index in [4.69, 9.17) is 9.84 Å². The molecule has 0 aliphatic heterocycles. The summed E-state index contributed by atoms with van der Waals surface area (Å²) in [6.07, 6.45) is -3.81. The lowest BCUT2D eigenvalue weighted by Crippen LogP contribution is -2.35. The molecule has 0 unspecified atom stereocenters. The van der Waals surface area contributed by atoms with Crippen LogP contribution in [0.3, 0.4) is 0 Å². The minimum Gasteiger partial charge on any atom is -0.481 e. The molecule has 0 saturated carbocycles. The van der Waals surface area contributed by atoms with Gasteiger partial charge < -0.3 is 20.1 Å². The quantitative estimate of drug-likeness (QED) is 0.392. The molecule has 0 spiro atoms. The summed E-state index contributed by atoms with van der Waals surface area (Å²) >= 11 is 0.624. The number of rotatable bonds is 12. The zero-order valence-electron chi connectivity index (χ0n) is 19.4. The van der Waals surface area contributed by atoms with Crippen molar-refractivity contribution < 1.29 is 27.8 Å². The molecular weight excluding hydrogens is 457 g/mol. The number of carbonyl (C=O) groups is 1. The van der Waals surface area contributed by atoms with Crippen molar-refractivity contribution in [1.29, 1.82) is 0 Å². The lowest BCUT2D eigenvalue weighted by atomic mass is 9.96. The number of hydrogen-bond acceptors (Lipinski definition) is 7. The van der Waals surface area contributed by atoms with Gasteiger partial charge in [-0.3, -0.25) is 4.79 Å². The smallest absolute Gasteiger partial charge is 0.452 e. The molecule has 0 bridgehead atoms. The van der Waals surface area contributed by atoms with Crippen molar-refractivity contribution in [2.75, 3.05) is 30.4 Å². The minimum atomic E-state index is -4.63. The van der Waals surface area contributed by atoms with Gasteiger partial charge in [-0.25, -0.2) is 0 Å². The predicted molar refractivity (Wildman–Crippen MR) is 123 cm³/mol. The van der Waals surface area contributed by atoms with Crippen LogP contribution in [-0.2, 0) is 15.7 Å². The molecule has 2 aromatic rings. The zero-order chi connectivity index (χ0) is 24.8. The topological polar surface area (TPSA) is 87.6 Å². The summed E-state index contributed by atoms with van der Waals surface area (Å²) in [6.45, 7) is 9.25. The standard InChI is InChI=1S/C22H31F3N4O3S/c1-6-13(2)11-29(12-15(4)32-5)18-8-7-16(14(3)9-19(30)31)10-17(18)26-21-27-20(28-33-21)22(23,24)25/h7-8,10,13-15H,6,9,11-12H2,1-5H3,(H,30,31)(H,26,27,28)/t13-,14+,15+/m0/s1. The van der Waals surface area contributed by atoms with Gasteiger partial charge in [0.05, 0.1) is 23.9 Å². The highest BCUT2D eigenvalue weighted by Crippen LogP contribution is 2.36. The van der Waals surface area contributed by atoms with Crippen molar-refractivity contribution in [2.45, 2.75) is 58.7 Å². The number of carboxylic acid groups (broad SMARTS) is 1. The number of aromatic nitrogens is 2. The number of alkyl halides is 3. The zero-order valence-corrected chi connectivity index (χ0v) is 20.3. The summed E-state index contributed by atoms with van der Waals surface area (Å²) in [6, 6.07) is 5.50. The first-order valence-electron chi connectivity index (χ1n) is 10.8. The number of aliphatic carboxylic acids is 1. The largest absolute Gasteiger partial charge is 0.481 e. The first-order chi connectivity index (χ1) is 15.4. The van der Waals surface area contributed by atoms with E-state index in [9.17, 15) is 18.0 Å². The van der Waals surface area contributed by atoms with E-state index >= 15 is 0 Å². The van der Waals surface area contributed by atoms with Crippen molar-refractivity contribution in [3.05, 3.63) is 29.6 Å². The minimum absolute atomic E-state index is 0.00916. The monoisotopic (exact) mass is 488 g/mol.